The highest BCUT2D eigenvalue weighted by Gasteiger charge is 2.16. The highest BCUT2D eigenvalue weighted by Crippen LogP contribution is 2.13. The van der Waals surface area contributed by atoms with E-state index in [1.165, 1.54) is 12.3 Å². The molecule has 9 heteroatoms. The minimum atomic E-state index is -3.76. The van der Waals surface area contributed by atoms with E-state index >= 15 is 0 Å². The predicted molar refractivity (Wildman–Crippen MR) is 54.4 cm³/mol. The standard InChI is InChI=1S/C7H5ClN4O3S/c8-7-9-3-5(4-10-7)16(13,14)12-6-1-2-15-11-6/h1-4H,(H,11,12). The highest BCUT2D eigenvalue weighted by molar-refractivity contribution is 7.92. The van der Waals surface area contributed by atoms with Crippen molar-refractivity contribution in [3.63, 3.8) is 0 Å². The molecular formula is C7H5ClN4O3S. The monoisotopic (exact) mass is 260 g/mol. The molecule has 0 spiro atoms. The van der Waals surface area contributed by atoms with Crippen LogP contribution in [0.15, 0.2) is 34.1 Å². The summed E-state index contributed by atoms with van der Waals surface area (Å²) in [6, 6.07) is 1.37. The summed E-state index contributed by atoms with van der Waals surface area (Å²) >= 11 is 5.44. The van der Waals surface area contributed by atoms with Crippen LogP contribution in [0.4, 0.5) is 5.82 Å². The molecule has 0 saturated heterocycles. The Morgan fingerprint density at radius 3 is 2.56 bits per heavy atom. The van der Waals surface area contributed by atoms with E-state index in [9.17, 15) is 8.42 Å². The van der Waals surface area contributed by atoms with Gasteiger partial charge in [0.25, 0.3) is 10.0 Å². The maximum Gasteiger partial charge on any atom is 0.266 e. The van der Waals surface area contributed by atoms with Gasteiger partial charge in [-0.05, 0) is 11.6 Å². The molecule has 0 radical (unpaired) electrons. The van der Waals surface area contributed by atoms with Crippen LogP contribution >= 0.6 is 11.6 Å². The van der Waals surface area contributed by atoms with E-state index in [1.54, 1.807) is 0 Å². The average molecular weight is 261 g/mol. The molecule has 0 atom stereocenters. The number of hydrogen-bond donors (Lipinski definition) is 1. The van der Waals surface area contributed by atoms with Crippen LogP contribution in [0.3, 0.4) is 0 Å². The summed E-state index contributed by atoms with van der Waals surface area (Å²) < 4.78 is 30.1. The van der Waals surface area contributed by atoms with Gasteiger partial charge in [-0.25, -0.2) is 18.4 Å². The Balaban J connectivity index is 2.29. The second-order valence-corrected chi connectivity index (χ2v) is 4.70. The minimum Gasteiger partial charge on any atom is -0.363 e. The van der Waals surface area contributed by atoms with Gasteiger partial charge < -0.3 is 4.52 Å². The van der Waals surface area contributed by atoms with Gasteiger partial charge in [-0.3, -0.25) is 4.72 Å². The number of anilines is 1. The topological polar surface area (TPSA) is 98.0 Å². The van der Waals surface area contributed by atoms with Crippen molar-refractivity contribution in [2.24, 2.45) is 0 Å². The molecule has 0 bridgehead atoms. The summed E-state index contributed by atoms with van der Waals surface area (Å²) in [4.78, 5) is 7.02. The summed E-state index contributed by atoms with van der Waals surface area (Å²) in [6.07, 6.45) is 3.44. The van der Waals surface area contributed by atoms with Crippen molar-refractivity contribution < 1.29 is 12.9 Å². The lowest BCUT2D eigenvalue weighted by atomic mass is 10.7. The SMILES string of the molecule is O=S(=O)(Nc1ccon1)c1cnc(Cl)nc1. The molecule has 2 aromatic heterocycles. The van der Waals surface area contributed by atoms with Gasteiger partial charge in [0.1, 0.15) is 11.2 Å². The van der Waals surface area contributed by atoms with Gasteiger partial charge in [0, 0.05) is 6.07 Å². The van der Waals surface area contributed by atoms with E-state index in [-0.39, 0.29) is 16.0 Å². The number of hydrogen-bond acceptors (Lipinski definition) is 6. The van der Waals surface area contributed by atoms with E-state index < -0.39 is 10.0 Å². The molecule has 0 amide bonds. The second kappa shape index (κ2) is 4.06. The fourth-order valence-corrected chi connectivity index (χ4v) is 1.88. The van der Waals surface area contributed by atoms with Gasteiger partial charge in [-0.15, -0.1) is 0 Å². The maximum atomic E-state index is 11.7. The summed E-state index contributed by atoms with van der Waals surface area (Å²) in [5.41, 5.74) is 0. The Morgan fingerprint density at radius 1 is 1.31 bits per heavy atom. The van der Waals surface area contributed by atoms with Gasteiger partial charge in [0.05, 0.1) is 12.4 Å². The van der Waals surface area contributed by atoms with Gasteiger partial charge >= 0.3 is 0 Å². The smallest absolute Gasteiger partial charge is 0.266 e. The molecule has 16 heavy (non-hydrogen) atoms. The van der Waals surface area contributed by atoms with Crippen LogP contribution in [0.1, 0.15) is 0 Å². The number of nitrogens with zero attached hydrogens (tertiary/aromatic N) is 3. The van der Waals surface area contributed by atoms with Crippen molar-refractivity contribution in [3.8, 4) is 0 Å². The fourth-order valence-electron chi connectivity index (χ4n) is 0.901. The molecule has 0 unspecified atom stereocenters. The number of halogens is 1. The van der Waals surface area contributed by atoms with Crippen molar-refractivity contribution in [2.45, 2.75) is 4.90 Å². The van der Waals surface area contributed by atoms with Crippen molar-refractivity contribution >= 4 is 27.4 Å². The Hall–Kier alpha value is -1.67. The van der Waals surface area contributed by atoms with E-state index in [1.807, 2.05) is 0 Å². The second-order valence-electron chi connectivity index (χ2n) is 2.68. The van der Waals surface area contributed by atoms with Crippen LogP contribution in [0.5, 0.6) is 0 Å². The lowest BCUT2D eigenvalue weighted by Gasteiger charge is -2.03. The van der Waals surface area contributed by atoms with E-state index in [0.717, 1.165) is 12.4 Å². The normalized spacial score (nSPS) is 11.3. The number of nitrogens with one attached hydrogen (secondary N) is 1. The Kier molecular flexibility index (Phi) is 2.75. The first kappa shape index (κ1) is 10.8. The van der Waals surface area contributed by atoms with Crippen molar-refractivity contribution in [3.05, 3.63) is 30.0 Å². The molecule has 7 nitrogen and oxygen atoms in total. The van der Waals surface area contributed by atoms with Crippen LogP contribution < -0.4 is 4.72 Å². The van der Waals surface area contributed by atoms with Gasteiger partial charge in [-0.1, -0.05) is 5.16 Å². The lowest BCUT2D eigenvalue weighted by molar-refractivity contribution is 0.423. The number of aromatic nitrogens is 3. The first-order valence-electron chi connectivity index (χ1n) is 3.99. The highest BCUT2D eigenvalue weighted by atomic mass is 35.5. The molecule has 2 rings (SSSR count). The van der Waals surface area contributed by atoms with E-state index in [0.29, 0.717) is 0 Å². The third-order valence-electron chi connectivity index (χ3n) is 1.58. The first-order valence-corrected chi connectivity index (χ1v) is 5.85. The van der Waals surface area contributed by atoms with E-state index in [4.69, 9.17) is 11.6 Å². The molecule has 0 fully saturated rings. The fraction of sp³-hybridized carbons (Fsp3) is 0. The van der Waals surface area contributed by atoms with Crippen LogP contribution in [0, 0.1) is 0 Å². The summed E-state index contributed by atoms with van der Waals surface area (Å²) in [7, 11) is -3.76. The van der Waals surface area contributed by atoms with Crippen LogP contribution in [-0.4, -0.2) is 23.5 Å². The summed E-state index contributed by atoms with van der Waals surface area (Å²) in [6.45, 7) is 0. The minimum absolute atomic E-state index is 0.0274. The quantitative estimate of drug-likeness (QED) is 0.824. The van der Waals surface area contributed by atoms with Crippen LogP contribution in [-0.2, 0) is 10.0 Å². The van der Waals surface area contributed by atoms with Gasteiger partial charge in [-0.2, -0.15) is 0 Å². The third kappa shape index (κ3) is 2.28. The average Bonchev–Trinajstić information content (AvgIpc) is 2.70. The van der Waals surface area contributed by atoms with Gasteiger partial charge in [0.2, 0.25) is 5.28 Å². The molecule has 1 N–H and O–H groups in total. The lowest BCUT2D eigenvalue weighted by Crippen LogP contribution is -2.13. The van der Waals surface area contributed by atoms with E-state index in [2.05, 4.69) is 24.4 Å². The van der Waals surface area contributed by atoms with Crippen molar-refractivity contribution in [1.82, 2.24) is 15.1 Å². The zero-order chi connectivity index (χ0) is 11.6. The Morgan fingerprint density at radius 2 is 2.00 bits per heavy atom. The maximum absolute atomic E-state index is 11.7. The molecule has 0 aliphatic heterocycles. The number of sulfonamides is 1. The molecule has 0 aliphatic rings. The molecule has 0 aliphatic carbocycles. The largest absolute Gasteiger partial charge is 0.363 e. The molecule has 84 valence electrons. The van der Waals surface area contributed by atoms with Crippen molar-refractivity contribution in [2.75, 3.05) is 4.72 Å². The number of rotatable bonds is 3. The zero-order valence-corrected chi connectivity index (χ0v) is 9.23. The Labute approximate surface area is 95.5 Å². The molecule has 2 heterocycles. The first-order chi connectivity index (χ1) is 7.58. The predicted octanol–water partition coefficient (Wildman–Crippen LogP) is 0.919. The van der Waals surface area contributed by atoms with Crippen LogP contribution in [0.25, 0.3) is 0 Å². The molecule has 0 aromatic carbocycles. The van der Waals surface area contributed by atoms with Gasteiger partial charge in [0.15, 0.2) is 5.82 Å². The molecule has 2 aromatic rings. The third-order valence-corrected chi connectivity index (χ3v) is 3.09. The zero-order valence-electron chi connectivity index (χ0n) is 7.66. The van der Waals surface area contributed by atoms with Crippen LogP contribution in [0.2, 0.25) is 5.28 Å². The van der Waals surface area contributed by atoms with Crippen molar-refractivity contribution in [1.29, 1.82) is 0 Å². The summed E-state index contributed by atoms with van der Waals surface area (Å²) in [5.74, 6) is 0.0787. The Bertz CT molecular complexity index is 566. The molecular weight excluding hydrogens is 256 g/mol. The molecule has 0 saturated carbocycles. The summed E-state index contributed by atoms with van der Waals surface area (Å²) in [5, 5.41) is 3.38.